The number of carbonyl (C=O) groups excluding carboxylic acids is 1. The molecule has 0 radical (unpaired) electrons. The number of aryl methyl sites for hydroxylation is 2. The number of amides is 1. The summed E-state index contributed by atoms with van der Waals surface area (Å²) in [5.41, 5.74) is 1.79. The third kappa shape index (κ3) is 2.73. The lowest BCUT2D eigenvalue weighted by Crippen LogP contribution is -2.13. The van der Waals surface area contributed by atoms with Crippen LogP contribution in [0.2, 0.25) is 5.02 Å². The van der Waals surface area contributed by atoms with E-state index in [9.17, 15) is 4.79 Å². The average molecular weight is 318 g/mol. The molecule has 6 nitrogen and oxygen atoms in total. The molecule has 2 heterocycles. The summed E-state index contributed by atoms with van der Waals surface area (Å²) in [6.07, 6.45) is 0. The van der Waals surface area contributed by atoms with E-state index in [1.54, 1.807) is 44.2 Å². The smallest absolute Gasteiger partial charge is 0.261 e. The van der Waals surface area contributed by atoms with Crippen LogP contribution in [0.25, 0.3) is 11.5 Å². The Kier molecular flexibility index (Phi) is 3.68. The number of rotatable bonds is 3. The maximum atomic E-state index is 12.5. The zero-order valence-electron chi connectivity index (χ0n) is 11.9. The number of benzene rings is 1. The van der Waals surface area contributed by atoms with E-state index in [-0.39, 0.29) is 11.7 Å². The standard InChI is InChI=1S/C15H12ClN3O3/c1-8-6-12(19-21-8)14-13(9(2)18-22-14)15(20)17-11-5-3-4-10(16)7-11/h3-7H,1-2H3,(H,17,20). The minimum Gasteiger partial charge on any atom is -0.361 e. The summed E-state index contributed by atoms with van der Waals surface area (Å²) in [5.74, 6) is 0.538. The Bertz CT molecular complexity index is 838. The second-order valence-electron chi connectivity index (χ2n) is 4.76. The van der Waals surface area contributed by atoms with Crippen molar-refractivity contribution in [3.63, 3.8) is 0 Å². The van der Waals surface area contributed by atoms with Crippen molar-refractivity contribution in [1.29, 1.82) is 0 Å². The van der Waals surface area contributed by atoms with Crippen LogP contribution in [0.1, 0.15) is 21.8 Å². The molecule has 112 valence electrons. The Morgan fingerprint density at radius 2 is 2.00 bits per heavy atom. The van der Waals surface area contributed by atoms with Crippen molar-refractivity contribution in [2.45, 2.75) is 13.8 Å². The quantitative estimate of drug-likeness (QED) is 0.793. The van der Waals surface area contributed by atoms with Gasteiger partial charge in [0.25, 0.3) is 5.91 Å². The van der Waals surface area contributed by atoms with Gasteiger partial charge >= 0.3 is 0 Å². The van der Waals surface area contributed by atoms with Gasteiger partial charge in [0.05, 0.1) is 5.69 Å². The second kappa shape index (κ2) is 5.65. The van der Waals surface area contributed by atoms with E-state index in [2.05, 4.69) is 15.6 Å². The van der Waals surface area contributed by atoms with Crippen LogP contribution in [0, 0.1) is 13.8 Å². The number of carbonyl (C=O) groups is 1. The molecule has 1 aromatic carbocycles. The summed E-state index contributed by atoms with van der Waals surface area (Å²) < 4.78 is 10.2. The third-order valence-electron chi connectivity index (χ3n) is 3.03. The first-order chi connectivity index (χ1) is 10.5. The van der Waals surface area contributed by atoms with Gasteiger partial charge in [-0.05, 0) is 32.0 Å². The summed E-state index contributed by atoms with van der Waals surface area (Å²) in [4.78, 5) is 12.5. The van der Waals surface area contributed by atoms with E-state index in [4.69, 9.17) is 20.6 Å². The predicted octanol–water partition coefficient (Wildman–Crippen LogP) is 3.85. The number of aromatic nitrogens is 2. The van der Waals surface area contributed by atoms with Gasteiger partial charge in [0.15, 0.2) is 5.69 Å². The number of nitrogens with one attached hydrogen (secondary N) is 1. The lowest BCUT2D eigenvalue weighted by Gasteiger charge is -2.05. The molecule has 1 N–H and O–H groups in total. The van der Waals surface area contributed by atoms with Gasteiger partial charge in [-0.15, -0.1) is 0 Å². The molecule has 1 amide bonds. The third-order valence-corrected chi connectivity index (χ3v) is 3.27. The first-order valence-corrected chi connectivity index (χ1v) is 6.89. The molecule has 0 aliphatic heterocycles. The van der Waals surface area contributed by atoms with Crippen molar-refractivity contribution < 1.29 is 13.8 Å². The van der Waals surface area contributed by atoms with Crippen molar-refractivity contribution in [2.75, 3.05) is 5.32 Å². The lowest BCUT2D eigenvalue weighted by atomic mass is 10.1. The fourth-order valence-corrected chi connectivity index (χ4v) is 2.24. The van der Waals surface area contributed by atoms with Gasteiger partial charge in [0.2, 0.25) is 5.76 Å². The Morgan fingerprint density at radius 3 is 2.68 bits per heavy atom. The van der Waals surface area contributed by atoms with Gasteiger partial charge in [0.1, 0.15) is 11.3 Å². The van der Waals surface area contributed by atoms with E-state index >= 15 is 0 Å². The molecule has 0 spiro atoms. The fraction of sp³-hybridized carbons (Fsp3) is 0.133. The number of anilines is 1. The van der Waals surface area contributed by atoms with Crippen molar-refractivity contribution in [3.05, 3.63) is 52.4 Å². The molecule has 7 heteroatoms. The molecule has 2 aromatic heterocycles. The Labute approximate surface area is 131 Å². The molecule has 0 aliphatic carbocycles. The lowest BCUT2D eigenvalue weighted by molar-refractivity contribution is 0.102. The predicted molar refractivity (Wildman–Crippen MR) is 80.9 cm³/mol. The molecule has 0 saturated heterocycles. The molecular formula is C15H12ClN3O3. The van der Waals surface area contributed by atoms with Crippen molar-refractivity contribution >= 4 is 23.2 Å². The molecule has 0 saturated carbocycles. The van der Waals surface area contributed by atoms with Crippen LogP contribution in [-0.2, 0) is 0 Å². The fourth-order valence-electron chi connectivity index (χ4n) is 2.05. The van der Waals surface area contributed by atoms with E-state index in [0.29, 0.717) is 33.4 Å². The van der Waals surface area contributed by atoms with Gasteiger partial charge in [0, 0.05) is 16.8 Å². The van der Waals surface area contributed by atoms with Crippen LogP contribution in [0.5, 0.6) is 0 Å². The van der Waals surface area contributed by atoms with Crippen LogP contribution in [0.4, 0.5) is 5.69 Å². The Morgan fingerprint density at radius 1 is 1.18 bits per heavy atom. The number of hydrogen-bond acceptors (Lipinski definition) is 5. The highest BCUT2D eigenvalue weighted by molar-refractivity contribution is 6.31. The van der Waals surface area contributed by atoms with Crippen LogP contribution >= 0.6 is 11.6 Å². The minimum absolute atomic E-state index is 0.272. The molecule has 0 aliphatic rings. The van der Waals surface area contributed by atoms with Crippen LogP contribution in [0.3, 0.4) is 0 Å². The first-order valence-electron chi connectivity index (χ1n) is 6.51. The molecule has 3 aromatic rings. The maximum Gasteiger partial charge on any atom is 0.261 e. The topological polar surface area (TPSA) is 81.2 Å². The molecule has 0 unspecified atom stereocenters. The van der Waals surface area contributed by atoms with Gasteiger partial charge in [-0.3, -0.25) is 4.79 Å². The summed E-state index contributed by atoms with van der Waals surface area (Å²) in [7, 11) is 0. The molecular weight excluding hydrogens is 306 g/mol. The van der Waals surface area contributed by atoms with E-state index in [1.807, 2.05) is 0 Å². The van der Waals surface area contributed by atoms with Crippen LogP contribution in [0.15, 0.2) is 39.4 Å². The average Bonchev–Trinajstić information content (AvgIpc) is 3.04. The normalized spacial score (nSPS) is 10.7. The van der Waals surface area contributed by atoms with E-state index in [0.717, 1.165) is 0 Å². The highest BCUT2D eigenvalue weighted by Crippen LogP contribution is 2.27. The largest absolute Gasteiger partial charge is 0.361 e. The minimum atomic E-state index is -0.350. The van der Waals surface area contributed by atoms with Crippen molar-refractivity contribution in [3.8, 4) is 11.5 Å². The van der Waals surface area contributed by atoms with Crippen LogP contribution < -0.4 is 5.32 Å². The van der Waals surface area contributed by atoms with E-state index in [1.165, 1.54) is 0 Å². The zero-order valence-corrected chi connectivity index (χ0v) is 12.6. The van der Waals surface area contributed by atoms with Gasteiger partial charge in [-0.2, -0.15) is 0 Å². The zero-order chi connectivity index (χ0) is 15.7. The molecule has 0 atom stereocenters. The van der Waals surface area contributed by atoms with E-state index < -0.39 is 0 Å². The SMILES string of the molecule is Cc1cc(-c2onc(C)c2C(=O)Nc2cccc(Cl)c2)no1. The molecule has 0 fully saturated rings. The molecule has 22 heavy (non-hydrogen) atoms. The first kappa shape index (κ1) is 14.3. The Balaban J connectivity index is 1.94. The summed E-state index contributed by atoms with van der Waals surface area (Å²) in [6, 6.07) is 8.55. The molecule has 3 rings (SSSR count). The van der Waals surface area contributed by atoms with Gasteiger partial charge < -0.3 is 14.4 Å². The molecule has 0 bridgehead atoms. The van der Waals surface area contributed by atoms with Gasteiger partial charge in [-0.25, -0.2) is 0 Å². The van der Waals surface area contributed by atoms with Gasteiger partial charge in [-0.1, -0.05) is 28.0 Å². The highest BCUT2D eigenvalue weighted by atomic mass is 35.5. The number of halogens is 1. The summed E-state index contributed by atoms with van der Waals surface area (Å²) >= 11 is 5.91. The summed E-state index contributed by atoms with van der Waals surface area (Å²) in [5, 5.41) is 11.0. The monoisotopic (exact) mass is 317 g/mol. The van der Waals surface area contributed by atoms with Crippen molar-refractivity contribution in [2.24, 2.45) is 0 Å². The second-order valence-corrected chi connectivity index (χ2v) is 5.20. The Hall–Kier alpha value is -2.60. The van der Waals surface area contributed by atoms with Crippen LogP contribution in [-0.4, -0.2) is 16.2 Å². The van der Waals surface area contributed by atoms with Crippen molar-refractivity contribution in [1.82, 2.24) is 10.3 Å². The highest BCUT2D eigenvalue weighted by Gasteiger charge is 2.24. The summed E-state index contributed by atoms with van der Waals surface area (Å²) in [6.45, 7) is 3.44. The number of hydrogen-bond donors (Lipinski definition) is 1. The number of nitrogens with zero attached hydrogens (tertiary/aromatic N) is 2. The maximum absolute atomic E-state index is 12.5.